The van der Waals surface area contributed by atoms with Gasteiger partial charge in [-0.25, -0.2) is 13.9 Å². The lowest BCUT2D eigenvalue weighted by Crippen LogP contribution is -2.57. The van der Waals surface area contributed by atoms with Crippen LogP contribution >= 0.6 is 15.9 Å². The van der Waals surface area contributed by atoms with E-state index in [2.05, 4.69) is 50.3 Å². The van der Waals surface area contributed by atoms with Gasteiger partial charge in [0.25, 0.3) is 5.91 Å². The van der Waals surface area contributed by atoms with Crippen molar-refractivity contribution in [2.24, 2.45) is 0 Å². The normalized spacial score (nSPS) is 23.7. The molecule has 2 aliphatic heterocycles. The molecule has 2 aromatic carbocycles. The highest BCUT2D eigenvalue weighted by Crippen LogP contribution is 2.26. The van der Waals surface area contributed by atoms with E-state index >= 15 is 0 Å². The molecule has 0 radical (unpaired) electrons. The smallest absolute Gasteiger partial charge is 0.322 e. The van der Waals surface area contributed by atoms with Crippen LogP contribution in [0.5, 0.6) is 0 Å². The zero-order chi connectivity index (χ0) is 30.8. The van der Waals surface area contributed by atoms with Crippen LogP contribution < -0.4 is 5.32 Å². The maximum Gasteiger partial charge on any atom is 0.322 e. The number of ether oxygens (including phenoxy) is 1. The Morgan fingerprint density at radius 2 is 1.70 bits per heavy atom. The Hall–Kier alpha value is -3.35. The lowest BCUT2D eigenvalue weighted by Gasteiger charge is -2.44. The van der Waals surface area contributed by atoms with Crippen LogP contribution in [-0.2, 0) is 11.3 Å². The van der Waals surface area contributed by atoms with Crippen molar-refractivity contribution in [3.63, 3.8) is 0 Å². The molecule has 230 valence electrons. The monoisotopic (exact) mass is 655 g/mol. The summed E-state index contributed by atoms with van der Waals surface area (Å²) in [5.74, 6) is -0.412. The summed E-state index contributed by atoms with van der Waals surface area (Å²) < 4.78 is 21.7. The summed E-state index contributed by atoms with van der Waals surface area (Å²) >= 11 is 3.26. The first-order chi connectivity index (χ1) is 20.5. The van der Waals surface area contributed by atoms with E-state index in [1.165, 1.54) is 6.07 Å². The third-order valence-corrected chi connectivity index (χ3v) is 8.83. The third kappa shape index (κ3) is 7.08. The molecule has 2 fully saturated rings. The van der Waals surface area contributed by atoms with Crippen molar-refractivity contribution in [3.8, 4) is 0 Å². The number of hydrogen-bond donors (Lipinski definition) is 1. The number of anilines is 1. The van der Waals surface area contributed by atoms with Crippen molar-refractivity contribution in [2.45, 2.75) is 71.5 Å². The number of carbonyl (C=O) groups excluding carboxylic acids is 2. The summed E-state index contributed by atoms with van der Waals surface area (Å²) in [4.78, 5) is 32.8. The van der Waals surface area contributed by atoms with Gasteiger partial charge < -0.3 is 19.9 Å². The lowest BCUT2D eigenvalue weighted by molar-refractivity contribution is -0.0530. The van der Waals surface area contributed by atoms with E-state index in [1.54, 1.807) is 33.8 Å². The van der Waals surface area contributed by atoms with Gasteiger partial charge in [-0.15, -0.1) is 5.10 Å². The van der Waals surface area contributed by atoms with Crippen LogP contribution in [0.2, 0.25) is 0 Å². The number of piperazine rings is 1. The number of urea groups is 1. The molecule has 2 aliphatic rings. The maximum atomic E-state index is 13.8. The summed E-state index contributed by atoms with van der Waals surface area (Å²) in [6.07, 6.45) is 1.83. The molecule has 1 N–H and O–H groups in total. The summed E-state index contributed by atoms with van der Waals surface area (Å²) in [5, 5.41) is 11.7. The Balaban J connectivity index is 1.22. The molecule has 3 aromatic rings. The minimum Gasteiger partial charge on any atom is -0.372 e. The van der Waals surface area contributed by atoms with Crippen LogP contribution in [0.4, 0.5) is 14.9 Å². The summed E-state index contributed by atoms with van der Waals surface area (Å²) in [7, 11) is 0. The lowest BCUT2D eigenvalue weighted by atomic mass is 10.0. The average molecular weight is 657 g/mol. The van der Waals surface area contributed by atoms with Gasteiger partial charge in [-0.05, 0) is 80.4 Å². The fraction of sp³-hybridized carbons (Fsp3) is 0.484. The Morgan fingerprint density at radius 3 is 2.37 bits per heavy atom. The number of hydrogen-bond acceptors (Lipinski definition) is 6. The second kappa shape index (κ2) is 13.1. The first-order valence-electron chi connectivity index (χ1n) is 14.7. The fourth-order valence-electron chi connectivity index (χ4n) is 6.01. The van der Waals surface area contributed by atoms with Gasteiger partial charge in [0.05, 0.1) is 45.9 Å². The van der Waals surface area contributed by atoms with Crippen LogP contribution in [0.15, 0.2) is 53.1 Å². The number of halogens is 2. The quantitative estimate of drug-likeness (QED) is 0.394. The van der Waals surface area contributed by atoms with Crippen LogP contribution in [0.25, 0.3) is 0 Å². The molecular formula is C31H39BrFN7O3. The molecule has 0 saturated carbocycles. The zero-order valence-electron chi connectivity index (χ0n) is 25.2. The second-order valence-electron chi connectivity index (χ2n) is 11.8. The minimum absolute atomic E-state index is 0.0455. The number of rotatable bonds is 6. The zero-order valence-corrected chi connectivity index (χ0v) is 26.8. The van der Waals surface area contributed by atoms with E-state index in [0.29, 0.717) is 48.4 Å². The predicted molar refractivity (Wildman–Crippen MR) is 165 cm³/mol. The number of nitrogens with one attached hydrogen (secondary N) is 1. The highest BCUT2D eigenvalue weighted by Gasteiger charge is 2.34. The number of benzene rings is 2. The highest BCUT2D eigenvalue weighted by atomic mass is 79.9. The molecule has 3 amide bonds. The number of carbonyl (C=O) groups is 2. The minimum atomic E-state index is -0.304. The third-order valence-electron chi connectivity index (χ3n) is 8.22. The molecular weight excluding hydrogens is 617 g/mol. The van der Waals surface area contributed by atoms with Crippen LogP contribution in [-0.4, -0.2) is 92.1 Å². The standard InChI is InChI=1S/C31H39BrFN7O3/c1-19-13-37(30(41)26-8-6-7-9-29(26)34-31(42)38-15-21(3)43-22(4)16-38)14-20(2)39(19)17-25-18-40(36-35-25)23(5)24-10-11-28(33)27(32)12-24/h6-12,18-23H,13-17H2,1-5H3,(H,34,42)/t19-,20+,21-,22+,23-/m0/s1. The average Bonchev–Trinajstić information content (AvgIpc) is 3.44. The van der Waals surface area contributed by atoms with Crippen molar-refractivity contribution in [3.05, 3.63) is 75.8 Å². The largest absolute Gasteiger partial charge is 0.372 e. The molecule has 10 nitrogen and oxygen atoms in total. The molecule has 0 bridgehead atoms. The van der Waals surface area contributed by atoms with Gasteiger partial charge in [0.1, 0.15) is 5.82 Å². The number of morpholine rings is 1. The van der Waals surface area contributed by atoms with Crippen molar-refractivity contribution in [1.29, 1.82) is 0 Å². The number of nitrogens with zero attached hydrogens (tertiary/aromatic N) is 6. The van der Waals surface area contributed by atoms with Gasteiger partial charge in [0.15, 0.2) is 0 Å². The highest BCUT2D eigenvalue weighted by molar-refractivity contribution is 9.10. The summed E-state index contributed by atoms with van der Waals surface area (Å²) in [6, 6.07) is 11.9. The van der Waals surface area contributed by atoms with Gasteiger partial charge in [-0.1, -0.05) is 23.4 Å². The SMILES string of the molecule is C[C@@H]1CN(C(=O)Nc2ccccc2C(=O)N2C[C@@H](C)N(Cc3cn([C@@H](C)c4ccc(F)c(Br)c4)nn3)[C@@H](C)C2)C[C@H](C)O1. The van der Waals surface area contributed by atoms with E-state index in [1.807, 2.05) is 44.0 Å². The van der Waals surface area contributed by atoms with Crippen molar-refractivity contribution >= 4 is 33.6 Å². The molecule has 43 heavy (non-hydrogen) atoms. The second-order valence-corrected chi connectivity index (χ2v) is 12.6. The number of aromatic nitrogens is 3. The van der Waals surface area contributed by atoms with Crippen LogP contribution in [0.1, 0.15) is 62.3 Å². The number of para-hydroxylation sites is 1. The van der Waals surface area contributed by atoms with Crippen molar-refractivity contribution in [1.82, 2.24) is 29.7 Å². The molecule has 5 atom stereocenters. The van der Waals surface area contributed by atoms with Gasteiger partial charge in [0.2, 0.25) is 0 Å². The Bertz CT molecular complexity index is 1450. The topological polar surface area (TPSA) is 95.8 Å². The van der Waals surface area contributed by atoms with E-state index < -0.39 is 0 Å². The number of amides is 3. The van der Waals surface area contributed by atoms with Gasteiger partial charge in [-0.3, -0.25) is 9.69 Å². The summed E-state index contributed by atoms with van der Waals surface area (Å²) in [6.45, 7) is 12.8. The molecule has 0 unspecified atom stereocenters. The van der Waals surface area contributed by atoms with Gasteiger partial charge in [0, 0.05) is 44.8 Å². The molecule has 0 aliphatic carbocycles. The molecule has 5 rings (SSSR count). The van der Waals surface area contributed by atoms with Gasteiger partial charge in [-0.2, -0.15) is 0 Å². The molecule has 3 heterocycles. The molecule has 12 heteroatoms. The van der Waals surface area contributed by atoms with E-state index in [-0.39, 0.29) is 48.1 Å². The fourth-order valence-corrected chi connectivity index (χ4v) is 6.40. The van der Waals surface area contributed by atoms with E-state index in [9.17, 15) is 14.0 Å². The Morgan fingerprint density at radius 1 is 1.02 bits per heavy atom. The molecule has 2 saturated heterocycles. The first-order valence-corrected chi connectivity index (χ1v) is 15.5. The van der Waals surface area contributed by atoms with E-state index in [0.717, 1.165) is 11.3 Å². The van der Waals surface area contributed by atoms with Crippen LogP contribution in [0, 0.1) is 5.82 Å². The van der Waals surface area contributed by atoms with E-state index in [4.69, 9.17) is 4.74 Å². The molecule has 1 aromatic heterocycles. The Labute approximate surface area is 260 Å². The first kappa shape index (κ1) is 31.1. The van der Waals surface area contributed by atoms with Crippen molar-refractivity contribution < 1.29 is 18.7 Å². The van der Waals surface area contributed by atoms with Crippen LogP contribution in [0.3, 0.4) is 0 Å². The maximum absolute atomic E-state index is 13.8. The van der Waals surface area contributed by atoms with Crippen molar-refractivity contribution in [2.75, 3.05) is 31.5 Å². The summed E-state index contributed by atoms with van der Waals surface area (Å²) in [5.41, 5.74) is 2.73. The predicted octanol–water partition coefficient (Wildman–Crippen LogP) is 5.17. The molecule has 0 spiro atoms. The Kier molecular flexibility index (Phi) is 9.48. The van der Waals surface area contributed by atoms with Gasteiger partial charge >= 0.3 is 6.03 Å².